The zero-order valence-electron chi connectivity index (χ0n) is 9.86. The molecule has 17 heavy (non-hydrogen) atoms. The Labute approximate surface area is 101 Å². The number of nitrogens with zero attached hydrogens (tertiary/aromatic N) is 2. The minimum atomic E-state index is -0.642. The number of methoxy groups -OCH3 is 1. The van der Waals surface area contributed by atoms with Crippen LogP contribution in [0.5, 0.6) is 5.75 Å². The number of rotatable bonds is 2. The molecule has 3 heteroatoms. The van der Waals surface area contributed by atoms with Crippen molar-refractivity contribution in [2.75, 3.05) is 7.11 Å². The highest BCUT2D eigenvalue weighted by atomic mass is 16.5. The second-order valence-electron chi connectivity index (χ2n) is 4.41. The molecule has 0 saturated heterocycles. The van der Waals surface area contributed by atoms with Crippen LogP contribution in [0.3, 0.4) is 0 Å². The summed E-state index contributed by atoms with van der Waals surface area (Å²) in [5, 5.41) is 18.4. The van der Waals surface area contributed by atoms with Crippen molar-refractivity contribution in [3.8, 4) is 17.9 Å². The topological polar surface area (TPSA) is 56.8 Å². The Morgan fingerprint density at radius 3 is 2.88 bits per heavy atom. The number of hydrogen-bond acceptors (Lipinski definition) is 3. The first-order chi connectivity index (χ1) is 8.25. The van der Waals surface area contributed by atoms with Gasteiger partial charge in [-0.2, -0.15) is 10.5 Å². The third-order valence-electron chi connectivity index (χ3n) is 3.48. The Balaban J connectivity index is 2.56. The number of benzene rings is 1. The van der Waals surface area contributed by atoms with Crippen LogP contribution in [0, 0.1) is 22.7 Å². The van der Waals surface area contributed by atoms with Crippen LogP contribution in [0.25, 0.3) is 0 Å². The highest BCUT2D eigenvalue weighted by molar-refractivity contribution is 5.46. The lowest BCUT2D eigenvalue weighted by atomic mass is 9.69. The van der Waals surface area contributed by atoms with E-state index in [0.29, 0.717) is 0 Å². The Kier molecular flexibility index (Phi) is 3.02. The fraction of sp³-hybridized carbons (Fsp3) is 0.429. The summed E-state index contributed by atoms with van der Waals surface area (Å²) in [6.07, 6.45) is 2.96. The first-order valence-corrected chi connectivity index (χ1v) is 5.71. The molecular weight excluding hydrogens is 212 g/mol. The molecule has 1 aromatic rings. The van der Waals surface area contributed by atoms with Gasteiger partial charge in [-0.1, -0.05) is 6.07 Å². The van der Waals surface area contributed by atoms with E-state index in [0.717, 1.165) is 30.6 Å². The number of aryl methyl sites for hydroxylation is 1. The van der Waals surface area contributed by atoms with Gasteiger partial charge in [-0.25, -0.2) is 0 Å². The lowest BCUT2D eigenvalue weighted by Crippen LogP contribution is -2.29. The van der Waals surface area contributed by atoms with Crippen molar-refractivity contribution in [1.29, 1.82) is 10.5 Å². The molecule has 0 heterocycles. The third-order valence-corrected chi connectivity index (χ3v) is 3.48. The molecule has 1 aliphatic carbocycles. The molecule has 86 valence electrons. The molecule has 0 amide bonds. The van der Waals surface area contributed by atoms with Crippen molar-refractivity contribution < 1.29 is 4.74 Å². The molecule has 1 aromatic carbocycles. The summed E-state index contributed by atoms with van der Waals surface area (Å²) >= 11 is 0. The van der Waals surface area contributed by atoms with E-state index >= 15 is 0 Å². The summed E-state index contributed by atoms with van der Waals surface area (Å²) in [7, 11) is 1.61. The van der Waals surface area contributed by atoms with E-state index in [4.69, 9.17) is 10.00 Å². The van der Waals surface area contributed by atoms with E-state index in [9.17, 15) is 5.26 Å². The average molecular weight is 226 g/mol. The van der Waals surface area contributed by atoms with Crippen LogP contribution in [0.1, 0.15) is 30.4 Å². The molecule has 0 aliphatic heterocycles. The summed E-state index contributed by atoms with van der Waals surface area (Å²) in [6, 6.07) is 10.3. The van der Waals surface area contributed by atoms with E-state index in [-0.39, 0.29) is 6.42 Å². The minimum absolute atomic E-state index is 0.254. The van der Waals surface area contributed by atoms with Gasteiger partial charge < -0.3 is 4.74 Å². The largest absolute Gasteiger partial charge is 0.497 e. The van der Waals surface area contributed by atoms with Gasteiger partial charge in [0.1, 0.15) is 5.75 Å². The van der Waals surface area contributed by atoms with Gasteiger partial charge in [0, 0.05) is 0 Å². The summed E-state index contributed by atoms with van der Waals surface area (Å²) in [5.41, 5.74) is 1.51. The van der Waals surface area contributed by atoms with Crippen molar-refractivity contribution in [2.45, 2.75) is 31.1 Å². The lowest BCUT2D eigenvalue weighted by molar-refractivity contribution is 0.407. The minimum Gasteiger partial charge on any atom is -0.497 e. The molecule has 1 atom stereocenters. The first kappa shape index (κ1) is 11.5. The fourth-order valence-electron chi connectivity index (χ4n) is 2.54. The first-order valence-electron chi connectivity index (χ1n) is 5.71. The second-order valence-corrected chi connectivity index (χ2v) is 4.41. The standard InChI is InChI=1S/C14H14N2O/c1-17-12-5-4-11-3-2-6-14(10-16,7-8-15)13(11)9-12/h4-5,9H,2-3,6-7H2,1H3/t14-/m1/s1. The molecular formula is C14H14N2O. The quantitative estimate of drug-likeness (QED) is 0.779. The molecule has 1 aliphatic rings. The van der Waals surface area contributed by atoms with Crippen LogP contribution in [0.2, 0.25) is 0 Å². The highest BCUT2D eigenvalue weighted by Crippen LogP contribution is 2.40. The Morgan fingerprint density at radius 2 is 2.24 bits per heavy atom. The van der Waals surface area contributed by atoms with Crippen molar-refractivity contribution in [2.24, 2.45) is 0 Å². The highest BCUT2D eigenvalue weighted by Gasteiger charge is 2.37. The zero-order valence-corrected chi connectivity index (χ0v) is 9.86. The van der Waals surface area contributed by atoms with Gasteiger partial charge in [-0.05, 0) is 42.5 Å². The van der Waals surface area contributed by atoms with Crippen molar-refractivity contribution >= 4 is 0 Å². The number of fused-ring (bicyclic) bond motifs is 1. The molecule has 3 nitrogen and oxygen atoms in total. The van der Waals surface area contributed by atoms with Crippen LogP contribution in [0.15, 0.2) is 18.2 Å². The van der Waals surface area contributed by atoms with E-state index in [1.807, 2.05) is 18.2 Å². The van der Waals surface area contributed by atoms with Crippen LogP contribution < -0.4 is 4.74 Å². The predicted octanol–water partition coefficient (Wildman–Crippen LogP) is 2.71. The summed E-state index contributed by atoms with van der Waals surface area (Å²) in [6.45, 7) is 0. The van der Waals surface area contributed by atoms with Gasteiger partial charge in [-0.3, -0.25) is 0 Å². The molecule has 0 spiro atoms. The van der Waals surface area contributed by atoms with Crippen LogP contribution in [-0.2, 0) is 11.8 Å². The van der Waals surface area contributed by atoms with Gasteiger partial charge >= 0.3 is 0 Å². The summed E-state index contributed by atoms with van der Waals surface area (Å²) in [4.78, 5) is 0. The second kappa shape index (κ2) is 4.47. The van der Waals surface area contributed by atoms with E-state index in [2.05, 4.69) is 12.1 Å². The van der Waals surface area contributed by atoms with E-state index < -0.39 is 5.41 Å². The van der Waals surface area contributed by atoms with Gasteiger partial charge in [0.15, 0.2) is 0 Å². The van der Waals surface area contributed by atoms with Crippen molar-refractivity contribution in [1.82, 2.24) is 0 Å². The van der Waals surface area contributed by atoms with Crippen molar-refractivity contribution in [3.05, 3.63) is 29.3 Å². The Hall–Kier alpha value is -2.00. The van der Waals surface area contributed by atoms with Gasteiger partial charge in [0.2, 0.25) is 0 Å². The maximum Gasteiger partial charge on any atom is 0.119 e. The zero-order chi connectivity index (χ0) is 12.3. The Morgan fingerprint density at radius 1 is 1.41 bits per heavy atom. The monoisotopic (exact) mass is 226 g/mol. The van der Waals surface area contributed by atoms with E-state index in [1.54, 1.807) is 7.11 Å². The fourth-order valence-corrected chi connectivity index (χ4v) is 2.54. The summed E-state index contributed by atoms with van der Waals surface area (Å²) < 4.78 is 5.20. The molecule has 0 N–H and O–H groups in total. The molecule has 0 radical (unpaired) electrons. The molecule has 0 fully saturated rings. The predicted molar refractivity (Wildman–Crippen MR) is 63.5 cm³/mol. The van der Waals surface area contributed by atoms with Crippen LogP contribution in [0.4, 0.5) is 0 Å². The van der Waals surface area contributed by atoms with E-state index in [1.165, 1.54) is 5.56 Å². The van der Waals surface area contributed by atoms with Gasteiger partial charge in [0.05, 0.1) is 31.1 Å². The smallest absolute Gasteiger partial charge is 0.119 e. The number of ether oxygens (including phenoxy) is 1. The third kappa shape index (κ3) is 1.85. The number of nitriles is 2. The SMILES string of the molecule is COc1ccc2c(c1)[C@@](C#N)(CC#N)CCC2. The average Bonchev–Trinajstić information content (AvgIpc) is 2.39. The molecule has 0 saturated carbocycles. The van der Waals surface area contributed by atoms with Gasteiger partial charge in [-0.15, -0.1) is 0 Å². The lowest BCUT2D eigenvalue weighted by Gasteiger charge is -2.31. The van der Waals surface area contributed by atoms with Crippen LogP contribution in [-0.4, -0.2) is 7.11 Å². The molecule has 0 unspecified atom stereocenters. The maximum atomic E-state index is 9.44. The van der Waals surface area contributed by atoms with Crippen molar-refractivity contribution in [3.63, 3.8) is 0 Å². The molecule has 2 rings (SSSR count). The normalized spacial score (nSPS) is 22.1. The molecule has 0 aromatic heterocycles. The Bertz CT molecular complexity index is 510. The van der Waals surface area contributed by atoms with Gasteiger partial charge in [0.25, 0.3) is 0 Å². The number of hydrogen-bond donors (Lipinski definition) is 0. The maximum absolute atomic E-state index is 9.44. The molecule has 0 bridgehead atoms. The summed E-state index contributed by atoms with van der Waals surface area (Å²) in [5.74, 6) is 0.753. The van der Waals surface area contributed by atoms with Crippen LogP contribution >= 0.6 is 0 Å².